The largest absolute Gasteiger partial charge is 0.507 e. The maximum Gasteiger partial charge on any atom is 0.182 e. The maximum atomic E-state index is 10.3. The zero-order valence-electron chi connectivity index (χ0n) is 18.3. The van der Waals surface area contributed by atoms with Gasteiger partial charge in [-0.2, -0.15) is 0 Å². The molecule has 0 aromatic heterocycles. The van der Waals surface area contributed by atoms with Gasteiger partial charge in [-0.1, -0.05) is 19.1 Å². The van der Waals surface area contributed by atoms with Crippen LogP contribution in [0.5, 0.6) is 11.5 Å². The van der Waals surface area contributed by atoms with Crippen molar-refractivity contribution in [3.05, 3.63) is 58.7 Å². The summed E-state index contributed by atoms with van der Waals surface area (Å²) in [6.07, 6.45) is 2.86. The minimum atomic E-state index is -1.80. The quantitative estimate of drug-likeness (QED) is 0.395. The van der Waals surface area contributed by atoms with Crippen molar-refractivity contribution in [3.63, 3.8) is 0 Å². The molecule has 4 bridgehead atoms. The lowest BCUT2D eigenvalue weighted by Crippen LogP contribution is -2.62. The lowest BCUT2D eigenvalue weighted by atomic mass is 9.35. The van der Waals surface area contributed by atoms with Crippen LogP contribution in [0.1, 0.15) is 80.3 Å². The number of aliphatic hydroxyl groups is 4. The van der Waals surface area contributed by atoms with E-state index < -0.39 is 18.0 Å². The Kier molecular flexibility index (Phi) is 5.06. The summed E-state index contributed by atoms with van der Waals surface area (Å²) < 4.78 is 0. The molecule has 4 aliphatic carbocycles. The second-order valence-electron chi connectivity index (χ2n) is 10.3. The molecule has 0 saturated heterocycles. The highest BCUT2D eigenvalue weighted by molar-refractivity contribution is 5.52. The molecule has 4 aliphatic rings. The Morgan fingerprint density at radius 2 is 1.25 bits per heavy atom. The van der Waals surface area contributed by atoms with E-state index in [0.29, 0.717) is 17.8 Å². The molecule has 6 heteroatoms. The summed E-state index contributed by atoms with van der Waals surface area (Å²) in [5.74, 6) is 1.31. The molecule has 6 N–H and O–H groups in total. The first kappa shape index (κ1) is 21.7. The van der Waals surface area contributed by atoms with E-state index in [0.717, 1.165) is 43.2 Å². The molecule has 6 nitrogen and oxygen atoms in total. The highest BCUT2D eigenvalue weighted by Crippen LogP contribution is 2.72. The third-order valence-corrected chi connectivity index (χ3v) is 8.91. The van der Waals surface area contributed by atoms with E-state index in [1.807, 2.05) is 12.1 Å². The molecular weight excluding hydrogens is 408 g/mol. The number of hydrogen-bond acceptors (Lipinski definition) is 6. The van der Waals surface area contributed by atoms with E-state index in [-0.39, 0.29) is 28.0 Å². The third-order valence-electron chi connectivity index (χ3n) is 8.91. The van der Waals surface area contributed by atoms with Crippen molar-refractivity contribution in [2.45, 2.75) is 63.4 Å². The molecule has 0 radical (unpaired) electrons. The van der Waals surface area contributed by atoms with Crippen molar-refractivity contribution in [2.75, 3.05) is 0 Å². The molecule has 0 spiro atoms. The van der Waals surface area contributed by atoms with E-state index >= 15 is 0 Å². The lowest BCUT2D eigenvalue weighted by molar-refractivity contribution is -0.117. The first-order valence-electron chi connectivity index (χ1n) is 11.6. The smallest absolute Gasteiger partial charge is 0.182 e. The van der Waals surface area contributed by atoms with E-state index in [4.69, 9.17) is 0 Å². The van der Waals surface area contributed by atoms with Crippen LogP contribution >= 0.6 is 0 Å². The summed E-state index contributed by atoms with van der Waals surface area (Å²) in [5, 5.41) is 60.2. The minimum Gasteiger partial charge on any atom is -0.507 e. The second kappa shape index (κ2) is 7.45. The molecule has 2 aromatic rings. The Bertz CT molecular complexity index is 957. The molecule has 0 heterocycles. The van der Waals surface area contributed by atoms with Crippen molar-refractivity contribution in [3.8, 4) is 11.5 Å². The standard InChI is InChI=1S/C26H32O6/c1-2-25-12-14-7-15(13-25)9-18(8-14)26(25,16-3-5-21(27)19(10-16)23(29)30)17-4-6-22(28)20(11-17)24(31)32/h3-6,10-11,14-15,18,23-24,27-32H,2,7-9,12-13H2,1H3. The van der Waals surface area contributed by atoms with Crippen LogP contribution in [0.15, 0.2) is 36.4 Å². The summed E-state index contributed by atoms with van der Waals surface area (Å²) >= 11 is 0. The van der Waals surface area contributed by atoms with E-state index in [1.54, 1.807) is 12.1 Å². The van der Waals surface area contributed by atoms with Gasteiger partial charge in [0, 0.05) is 16.5 Å². The van der Waals surface area contributed by atoms with Crippen LogP contribution in [0.25, 0.3) is 0 Å². The number of hydrogen-bond donors (Lipinski definition) is 6. The highest BCUT2D eigenvalue weighted by Gasteiger charge is 2.65. The van der Waals surface area contributed by atoms with Gasteiger partial charge in [-0.25, -0.2) is 0 Å². The van der Waals surface area contributed by atoms with Gasteiger partial charge in [0.2, 0.25) is 0 Å². The zero-order chi connectivity index (χ0) is 22.8. The molecule has 0 amide bonds. The Morgan fingerprint density at radius 1 is 0.781 bits per heavy atom. The van der Waals surface area contributed by atoms with Gasteiger partial charge in [0.25, 0.3) is 0 Å². The summed E-state index contributed by atoms with van der Waals surface area (Å²) in [5.41, 5.74) is 1.39. The van der Waals surface area contributed by atoms with E-state index in [1.165, 1.54) is 18.6 Å². The number of phenols is 2. The van der Waals surface area contributed by atoms with Crippen LogP contribution in [0.2, 0.25) is 0 Å². The molecule has 0 aliphatic heterocycles. The predicted molar refractivity (Wildman–Crippen MR) is 118 cm³/mol. The van der Waals surface area contributed by atoms with Crippen LogP contribution in [0.4, 0.5) is 0 Å². The van der Waals surface area contributed by atoms with Crippen molar-refractivity contribution in [1.29, 1.82) is 0 Å². The molecule has 2 aromatic carbocycles. The lowest BCUT2D eigenvalue weighted by Gasteiger charge is -2.68. The van der Waals surface area contributed by atoms with Crippen LogP contribution in [0.3, 0.4) is 0 Å². The van der Waals surface area contributed by atoms with Crippen LogP contribution in [-0.2, 0) is 5.41 Å². The first-order valence-corrected chi connectivity index (χ1v) is 11.6. The average Bonchev–Trinajstić information content (AvgIpc) is 2.74. The molecule has 2 atom stereocenters. The molecule has 2 unspecified atom stereocenters. The van der Waals surface area contributed by atoms with Gasteiger partial charge >= 0.3 is 0 Å². The molecule has 172 valence electrons. The van der Waals surface area contributed by atoms with Gasteiger partial charge in [-0.3, -0.25) is 0 Å². The monoisotopic (exact) mass is 440 g/mol. The molecule has 32 heavy (non-hydrogen) atoms. The Hall–Kier alpha value is -2.12. The van der Waals surface area contributed by atoms with Crippen LogP contribution in [0, 0.1) is 23.2 Å². The van der Waals surface area contributed by atoms with Crippen molar-refractivity contribution in [1.82, 2.24) is 0 Å². The van der Waals surface area contributed by atoms with Gasteiger partial charge in [0.05, 0.1) is 0 Å². The van der Waals surface area contributed by atoms with Crippen LogP contribution < -0.4 is 0 Å². The SMILES string of the molecule is CCC12CC3CC(CC(C3)C1(c1ccc(O)c(C(O)O)c1)c1ccc(O)c(C(O)O)c1)C2. The van der Waals surface area contributed by atoms with Gasteiger partial charge in [0.15, 0.2) is 12.6 Å². The number of rotatable bonds is 5. The number of aromatic hydroxyl groups is 2. The highest BCUT2D eigenvalue weighted by atomic mass is 16.5. The summed E-state index contributed by atoms with van der Waals surface area (Å²) in [7, 11) is 0. The topological polar surface area (TPSA) is 121 Å². The number of phenolic OH excluding ortho intramolecular Hbond substituents is 2. The summed E-state index contributed by atoms with van der Waals surface area (Å²) in [6.45, 7) is 2.21. The van der Waals surface area contributed by atoms with Crippen molar-refractivity contribution in [2.24, 2.45) is 23.2 Å². The Labute approximate surface area is 187 Å². The van der Waals surface area contributed by atoms with E-state index in [2.05, 4.69) is 6.92 Å². The zero-order valence-corrected chi connectivity index (χ0v) is 18.3. The molecule has 4 saturated carbocycles. The summed E-state index contributed by atoms with van der Waals surface area (Å²) in [4.78, 5) is 0. The van der Waals surface area contributed by atoms with E-state index in [9.17, 15) is 30.6 Å². The normalized spacial score (nSPS) is 30.4. The van der Waals surface area contributed by atoms with Gasteiger partial charge < -0.3 is 30.6 Å². The Morgan fingerprint density at radius 3 is 1.66 bits per heavy atom. The fourth-order valence-corrected chi connectivity index (χ4v) is 8.03. The van der Waals surface area contributed by atoms with Crippen molar-refractivity contribution >= 4 is 0 Å². The number of aliphatic hydroxyl groups excluding tert-OH is 2. The molecular formula is C26H32O6. The third kappa shape index (κ3) is 2.86. The maximum absolute atomic E-state index is 10.3. The fourth-order valence-electron chi connectivity index (χ4n) is 8.03. The van der Waals surface area contributed by atoms with Crippen LogP contribution in [-0.4, -0.2) is 30.6 Å². The Balaban J connectivity index is 1.82. The first-order chi connectivity index (χ1) is 15.2. The summed E-state index contributed by atoms with van der Waals surface area (Å²) in [6, 6.07) is 10.2. The van der Waals surface area contributed by atoms with Gasteiger partial charge in [0.1, 0.15) is 11.5 Å². The molecule has 4 fully saturated rings. The predicted octanol–water partition coefficient (Wildman–Crippen LogP) is 3.59. The van der Waals surface area contributed by atoms with Gasteiger partial charge in [-0.05, 0) is 97.1 Å². The molecule has 6 rings (SSSR count). The average molecular weight is 441 g/mol. The number of benzene rings is 2. The van der Waals surface area contributed by atoms with Crippen molar-refractivity contribution < 1.29 is 30.6 Å². The van der Waals surface area contributed by atoms with Gasteiger partial charge in [-0.15, -0.1) is 0 Å². The fraction of sp³-hybridized carbons (Fsp3) is 0.538. The minimum absolute atomic E-state index is 0.0723. The second-order valence-corrected chi connectivity index (χ2v) is 10.3.